The molecule has 5 heteroatoms. The molecule has 0 bridgehead atoms. The van der Waals surface area contributed by atoms with Gasteiger partial charge in [0.1, 0.15) is 5.75 Å². The quantitative estimate of drug-likeness (QED) is 0.849. The predicted molar refractivity (Wildman–Crippen MR) is 77.6 cm³/mol. The molecule has 0 unspecified atom stereocenters. The van der Waals surface area contributed by atoms with Crippen molar-refractivity contribution in [1.29, 1.82) is 0 Å². The maximum atomic E-state index is 13.6. The molecule has 4 nitrogen and oxygen atoms in total. The summed E-state index contributed by atoms with van der Waals surface area (Å²) < 4.78 is 19.1. The number of aromatic nitrogens is 1. The zero-order chi connectivity index (χ0) is 15.2. The predicted octanol–water partition coefficient (Wildman–Crippen LogP) is 2.89. The molecule has 0 radical (unpaired) electrons. The lowest BCUT2D eigenvalue weighted by Gasteiger charge is -2.19. The largest absolute Gasteiger partial charge is 0.494 e. The monoisotopic (exact) mass is 288 g/mol. The van der Waals surface area contributed by atoms with Crippen LogP contribution in [0.4, 0.5) is 4.39 Å². The van der Waals surface area contributed by atoms with E-state index in [0.717, 1.165) is 17.5 Å². The molecule has 0 aliphatic carbocycles. The number of para-hydroxylation sites is 1. The molecule has 0 N–H and O–H groups in total. The van der Waals surface area contributed by atoms with Crippen LogP contribution in [0.2, 0.25) is 0 Å². The number of nitrogens with zero attached hydrogens (tertiary/aromatic N) is 2. The van der Waals surface area contributed by atoms with E-state index in [4.69, 9.17) is 4.74 Å². The van der Waals surface area contributed by atoms with Crippen LogP contribution in [-0.2, 0) is 6.54 Å². The van der Waals surface area contributed by atoms with Gasteiger partial charge in [0.15, 0.2) is 5.82 Å². The van der Waals surface area contributed by atoms with E-state index in [1.807, 2.05) is 31.2 Å². The molecule has 0 aliphatic heterocycles. The maximum Gasteiger partial charge on any atom is 0.256 e. The van der Waals surface area contributed by atoms with Crippen molar-refractivity contribution in [3.63, 3.8) is 0 Å². The second-order valence-electron chi connectivity index (χ2n) is 4.56. The van der Waals surface area contributed by atoms with E-state index < -0.39 is 5.82 Å². The number of pyridine rings is 1. The van der Waals surface area contributed by atoms with Crippen molar-refractivity contribution in [1.82, 2.24) is 9.88 Å². The zero-order valence-electron chi connectivity index (χ0n) is 12.0. The van der Waals surface area contributed by atoms with Crippen LogP contribution in [0.5, 0.6) is 5.75 Å². The Bertz CT molecular complexity index is 631. The fourth-order valence-corrected chi connectivity index (χ4v) is 2.01. The van der Waals surface area contributed by atoms with Crippen molar-refractivity contribution in [2.24, 2.45) is 0 Å². The Morgan fingerprint density at radius 1 is 1.33 bits per heavy atom. The third-order valence-electron chi connectivity index (χ3n) is 3.03. The van der Waals surface area contributed by atoms with E-state index in [9.17, 15) is 9.18 Å². The number of halogens is 1. The standard InChI is InChI=1S/C16H17FN2O2/c1-3-21-15-7-5-4-6-12(15)11-19(2)16(20)13-8-9-18-10-14(13)17/h4-10H,3,11H2,1-2H3. The van der Waals surface area contributed by atoms with E-state index in [1.165, 1.54) is 17.2 Å². The fourth-order valence-electron chi connectivity index (χ4n) is 2.01. The summed E-state index contributed by atoms with van der Waals surface area (Å²) in [5.41, 5.74) is 0.894. The molecule has 0 aliphatic rings. The summed E-state index contributed by atoms with van der Waals surface area (Å²) in [5.74, 6) is -0.275. The maximum absolute atomic E-state index is 13.6. The molecule has 1 amide bonds. The summed E-state index contributed by atoms with van der Waals surface area (Å²) in [5, 5.41) is 0. The van der Waals surface area contributed by atoms with Crippen molar-refractivity contribution in [3.05, 3.63) is 59.7 Å². The average Bonchev–Trinajstić information content (AvgIpc) is 2.49. The third-order valence-corrected chi connectivity index (χ3v) is 3.03. The number of benzene rings is 1. The van der Waals surface area contributed by atoms with Gasteiger partial charge in [-0.1, -0.05) is 18.2 Å². The van der Waals surface area contributed by atoms with Crippen LogP contribution in [0.3, 0.4) is 0 Å². The van der Waals surface area contributed by atoms with E-state index in [2.05, 4.69) is 4.98 Å². The molecule has 1 aromatic heterocycles. The molecule has 1 heterocycles. The molecule has 21 heavy (non-hydrogen) atoms. The van der Waals surface area contributed by atoms with Crippen molar-refractivity contribution in [3.8, 4) is 5.75 Å². The highest BCUT2D eigenvalue weighted by atomic mass is 19.1. The lowest BCUT2D eigenvalue weighted by atomic mass is 10.1. The summed E-state index contributed by atoms with van der Waals surface area (Å²) in [6.45, 7) is 2.79. The van der Waals surface area contributed by atoms with Crippen molar-refractivity contribution in [2.45, 2.75) is 13.5 Å². The van der Waals surface area contributed by atoms with Gasteiger partial charge in [-0.15, -0.1) is 0 Å². The molecule has 0 saturated carbocycles. The van der Waals surface area contributed by atoms with Gasteiger partial charge < -0.3 is 9.64 Å². The lowest BCUT2D eigenvalue weighted by Crippen LogP contribution is -2.27. The Kier molecular flexibility index (Phi) is 4.87. The fraction of sp³-hybridized carbons (Fsp3) is 0.250. The third kappa shape index (κ3) is 3.56. The van der Waals surface area contributed by atoms with Crippen LogP contribution in [0, 0.1) is 5.82 Å². The second-order valence-corrected chi connectivity index (χ2v) is 4.56. The summed E-state index contributed by atoms with van der Waals surface area (Å²) in [7, 11) is 1.63. The highest BCUT2D eigenvalue weighted by molar-refractivity contribution is 5.94. The number of amides is 1. The summed E-state index contributed by atoms with van der Waals surface area (Å²) in [4.78, 5) is 17.4. The Labute approximate surface area is 123 Å². The van der Waals surface area contributed by atoms with Crippen molar-refractivity contribution >= 4 is 5.91 Å². The van der Waals surface area contributed by atoms with E-state index in [0.29, 0.717) is 13.2 Å². The summed E-state index contributed by atoms with van der Waals surface area (Å²) in [6, 6.07) is 8.87. The minimum absolute atomic E-state index is 0.0152. The van der Waals surface area contributed by atoms with Crippen LogP contribution < -0.4 is 4.74 Å². The van der Waals surface area contributed by atoms with Gasteiger partial charge in [-0.25, -0.2) is 4.39 Å². The van der Waals surface area contributed by atoms with E-state index in [-0.39, 0.29) is 11.5 Å². The molecule has 2 aromatic rings. The number of carbonyl (C=O) groups excluding carboxylic acids is 1. The topological polar surface area (TPSA) is 42.4 Å². The van der Waals surface area contributed by atoms with E-state index >= 15 is 0 Å². The molecule has 2 rings (SSSR count). The number of carbonyl (C=O) groups is 1. The van der Waals surface area contributed by atoms with Gasteiger partial charge in [0.2, 0.25) is 0 Å². The summed E-state index contributed by atoms with van der Waals surface area (Å²) >= 11 is 0. The molecular weight excluding hydrogens is 271 g/mol. The van der Waals surface area contributed by atoms with Gasteiger partial charge in [0.25, 0.3) is 5.91 Å². The van der Waals surface area contributed by atoms with Gasteiger partial charge in [-0.05, 0) is 19.1 Å². The van der Waals surface area contributed by atoms with Crippen LogP contribution in [-0.4, -0.2) is 29.4 Å². The van der Waals surface area contributed by atoms with Gasteiger partial charge in [0.05, 0.1) is 18.4 Å². The molecule has 1 aromatic carbocycles. The van der Waals surface area contributed by atoms with Gasteiger partial charge in [-0.3, -0.25) is 9.78 Å². The number of hydrogen-bond acceptors (Lipinski definition) is 3. The van der Waals surface area contributed by atoms with Crippen molar-refractivity contribution < 1.29 is 13.9 Å². The van der Waals surface area contributed by atoms with Crippen LogP contribution in [0.15, 0.2) is 42.7 Å². The normalized spacial score (nSPS) is 10.2. The van der Waals surface area contributed by atoms with Crippen LogP contribution in [0.25, 0.3) is 0 Å². The van der Waals surface area contributed by atoms with Gasteiger partial charge in [-0.2, -0.15) is 0 Å². The molecule has 0 fully saturated rings. The summed E-state index contributed by atoms with van der Waals surface area (Å²) in [6.07, 6.45) is 2.44. The van der Waals surface area contributed by atoms with Crippen molar-refractivity contribution in [2.75, 3.05) is 13.7 Å². The minimum atomic E-state index is -0.618. The first-order valence-electron chi connectivity index (χ1n) is 6.69. The smallest absolute Gasteiger partial charge is 0.256 e. The van der Waals surface area contributed by atoms with Crippen LogP contribution >= 0.6 is 0 Å². The number of hydrogen-bond donors (Lipinski definition) is 0. The highest BCUT2D eigenvalue weighted by Gasteiger charge is 2.17. The molecule has 0 spiro atoms. The average molecular weight is 288 g/mol. The first kappa shape index (κ1) is 15.0. The Balaban J connectivity index is 2.17. The number of ether oxygens (including phenoxy) is 1. The zero-order valence-corrected chi connectivity index (χ0v) is 12.0. The Morgan fingerprint density at radius 2 is 2.10 bits per heavy atom. The van der Waals surface area contributed by atoms with Crippen LogP contribution in [0.1, 0.15) is 22.8 Å². The molecule has 0 atom stereocenters. The minimum Gasteiger partial charge on any atom is -0.494 e. The van der Waals surface area contributed by atoms with Gasteiger partial charge in [0, 0.05) is 25.4 Å². The second kappa shape index (κ2) is 6.83. The van der Waals surface area contributed by atoms with E-state index in [1.54, 1.807) is 7.05 Å². The lowest BCUT2D eigenvalue weighted by molar-refractivity contribution is 0.0779. The van der Waals surface area contributed by atoms with Gasteiger partial charge >= 0.3 is 0 Å². The SMILES string of the molecule is CCOc1ccccc1CN(C)C(=O)c1ccncc1F. The molecule has 110 valence electrons. The Morgan fingerprint density at radius 3 is 2.81 bits per heavy atom. The Hall–Kier alpha value is -2.43. The highest BCUT2D eigenvalue weighted by Crippen LogP contribution is 2.20. The molecule has 0 saturated heterocycles. The first-order chi connectivity index (χ1) is 10.1. The molecular formula is C16H17FN2O2. The first-order valence-corrected chi connectivity index (χ1v) is 6.69. The number of rotatable bonds is 5.